The van der Waals surface area contributed by atoms with E-state index in [4.69, 9.17) is 15.9 Å². The highest BCUT2D eigenvalue weighted by Crippen LogP contribution is 2.22. The number of hydrogen-bond acceptors (Lipinski definition) is 5. The molecule has 7 heteroatoms. The number of pyridine rings is 1. The molecule has 0 aliphatic rings. The van der Waals surface area contributed by atoms with Crippen molar-refractivity contribution in [1.82, 2.24) is 9.88 Å². The smallest absolute Gasteiger partial charge is 0.327 e. The Labute approximate surface area is 169 Å². The second-order valence-electron chi connectivity index (χ2n) is 6.50. The third kappa shape index (κ3) is 5.10. The van der Waals surface area contributed by atoms with Crippen molar-refractivity contribution in [2.24, 2.45) is 0 Å². The van der Waals surface area contributed by atoms with Crippen molar-refractivity contribution in [3.63, 3.8) is 0 Å². The molecule has 0 spiro atoms. The number of nitrogens with zero attached hydrogens (tertiary/aromatic N) is 2. The Kier molecular flexibility index (Phi) is 6.09. The summed E-state index contributed by atoms with van der Waals surface area (Å²) in [5, 5.41) is 10.8. The molecule has 4 N–H and O–H groups in total. The Morgan fingerprint density at radius 3 is 2.55 bits per heavy atom. The summed E-state index contributed by atoms with van der Waals surface area (Å²) in [6.07, 6.45) is 1.66. The normalized spacial score (nSPS) is 10.3. The van der Waals surface area contributed by atoms with Gasteiger partial charge in [-0.3, -0.25) is 10.3 Å². The highest BCUT2D eigenvalue weighted by molar-refractivity contribution is 6.01. The molecule has 0 aliphatic carbocycles. The number of hydrogen-bond donors (Lipinski definition) is 3. The molecule has 3 aromatic rings. The number of anilines is 2. The van der Waals surface area contributed by atoms with Gasteiger partial charge in [0, 0.05) is 11.9 Å². The minimum atomic E-state index is -0.374. The summed E-state index contributed by atoms with van der Waals surface area (Å²) in [7, 11) is 1.59. The number of nitrogen functional groups attached to an aromatic ring is 1. The van der Waals surface area contributed by atoms with Gasteiger partial charge in [0.15, 0.2) is 0 Å². The zero-order valence-electron chi connectivity index (χ0n) is 16.3. The van der Waals surface area contributed by atoms with Crippen LogP contribution >= 0.6 is 0 Å². The summed E-state index contributed by atoms with van der Waals surface area (Å²) < 4.78 is 5.22. The molecule has 0 bridgehead atoms. The number of nitrogens with two attached hydrogens (primary N) is 1. The molecule has 1 heterocycles. The monoisotopic (exact) mass is 389 g/mol. The molecule has 148 valence electrons. The number of amides is 2. The molecule has 3 rings (SSSR count). The molecule has 2 aromatic carbocycles. The molecule has 0 radical (unpaired) electrons. The van der Waals surface area contributed by atoms with Crippen LogP contribution in [-0.2, 0) is 6.54 Å². The fraction of sp³-hybridized carbons (Fsp3) is 0.136. The SMILES string of the molecule is COc1cccc(CN(C(C)=N)C(=O)Nc2ccc(-c3ccnc(N)c3)cc2)c1. The van der Waals surface area contributed by atoms with Gasteiger partial charge in [-0.25, -0.2) is 9.78 Å². The third-order valence-electron chi connectivity index (χ3n) is 4.38. The predicted molar refractivity (Wildman–Crippen MR) is 115 cm³/mol. The van der Waals surface area contributed by atoms with Gasteiger partial charge >= 0.3 is 6.03 Å². The second kappa shape index (κ2) is 8.88. The van der Waals surface area contributed by atoms with Crippen LogP contribution in [0.25, 0.3) is 11.1 Å². The number of methoxy groups -OCH3 is 1. The highest BCUT2D eigenvalue weighted by Gasteiger charge is 2.16. The molecule has 2 amide bonds. The van der Waals surface area contributed by atoms with Crippen molar-refractivity contribution in [3.05, 3.63) is 72.4 Å². The number of carbonyl (C=O) groups is 1. The van der Waals surface area contributed by atoms with Crippen LogP contribution in [0.2, 0.25) is 0 Å². The largest absolute Gasteiger partial charge is 0.497 e. The maximum atomic E-state index is 12.7. The molecule has 0 fully saturated rings. The van der Waals surface area contributed by atoms with E-state index in [0.717, 1.165) is 16.7 Å². The van der Waals surface area contributed by atoms with Crippen molar-refractivity contribution in [2.75, 3.05) is 18.2 Å². The summed E-state index contributed by atoms with van der Waals surface area (Å²) in [5.41, 5.74) is 9.16. The van der Waals surface area contributed by atoms with Crippen LogP contribution in [0.15, 0.2) is 66.9 Å². The van der Waals surface area contributed by atoms with E-state index >= 15 is 0 Å². The van der Waals surface area contributed by atoms with Crippen LogP contribution in [0.3, 0.4) is 0 Å². The summed E-state index contributed by atoms with van der Waals surface area (Å²) in [5.74, 6) is 1.31. The van der Waals surface area contributed by atoms with Crippen molar-refractivity contribution in [2.45, 2.75) is 13.5 Å². The Balaban J connectivity index is 1.71. The predicted octanol–water partition coefficient (Wildman–Crippen LogP) is 4.37. The standard InChI is InChI=1S/C22H23N5O2/c1-15(23)27(14-16-4-3-5-20(12-16)29-2)22(28)26-19-8-6-17(7-9-19)18-10-11-25-21(24)13-18/h3-13,23H,14H2,1-2H3,(H2,24,25)(H,26,28). The van der Waals surface area contributed by atoms with Gasteiger partial charge in [0.05, 0.1) is 13.7 Å². The maximum Gasteiger partial charge on any atom is 0.327 e. The van der Waals surface area contributed by atoms with Gasteiger partial charge < -0.3 is 15.8 Å². The van der Waals surface area contributed by atoms with Crippen LogP contribution in [0.5, 0.6) is 5.75 Å². The highest BCUT2D eigenvalue weighted by atomic mass is 16.5. The van der Waals surface area contributed by atoms with Gasteiger partial charge in [0.25, 0.3) is 0 Å². The van der Waals surface area contributed by atoms with E-state index in [0.29, 0.717) is 17.3 Å². The number of carbonyl (C=O) groups excluding carboxylic acids is 1. The van der Waals surface area contributed by atoms with E-state index in [1.54, 1.807) is 26.3 Å². The minimum absolute atomic E-state index is 0.147. The number of amidine groups is 1. The number of aromatic nitrogens is 1. The maximum absolute atomic E-state index is 12.7. The molecular formula is C22H23N5O2. The van der Waals surface area contributed by atoms with Gasteiger partial charge in [-0.1, -0.05) is 24.3 Å². The van der Waals surface area contributed by atoms with E-state index in [1.807, 2.05) is 54.6 Å². The third-order valence-corrected chi connectivity index (χ3v) is 4.38. The molecule has 0 unspecified atom stereocenters. The fourth-order valence-electron chi connectivity index (χ4n) is 2.86. The molecule has 29 heavy (non-hydrogen) atoms. The van der Waals surface area contributed by atoms with E-state index < -0.39 is 0 Å². The van der Waals surface area contributed by atoms with E-state index in [1.165, 1.54) is 4.90 Å². The summed E-state index contributed by atoms with van der Waals surface area (Å²) in [6.45, 7) is 1.85. The second-order valence-corrected chi connectivity index (χ2v) is 6.50. The number of rotatable bonds is 5. The van der Waals surface area contributed by atoms with Gasteiger partial charge in [-0.05, 0) is 60.0 Å². The number of ether oxygens (including phenoxy) is 1. The first kappa shape index (κ1) is 19.9. The molecule has 1 aromatic heterocycles. The van der Waals surface area contributed by atoms with Crippen molar-refractivity contribution in [1.29, 1.82) is 5.41 Å². The lowest BCUT2D eigenvalue weighted by Crippen LogP contribution is -2.37. The number of benzene rings is 2. The lowest BCUT2D eigenvalue weighted by atomic mass is 10.1. The van der Waals surface area contributed by atoms with Crippen LogP contribution in [0.1, 0.15) is 12.5 Å². The van der Waals surface area contributed by atoms with Crippen LogP contribution in [-0.4, -0.2) is 28.9 Å². The Morgan fingerprint density at radius 1 is 1.14 bits per heavy atom. The quantitative estimate of drug-likeness (QED) is 0.445. The first-order chi connectivity index (χ1) is 14.0. The van der Waals surface area contributed by atoms with Crippen LogP contribution in [0, 0.1) is 5.41 Å². The molecule has 0 atom stereocenters. The van der Waals surface area contributed by atoms with E-state index in [9.17, 15) is 4.79 Å². The van der Waals surface area contributed by atoms with E-state index in [-0.39, 0.29) is 18.4 Å². The summed E-state index contributed by atoms with van der Waals surface area (Å²) >= 11 is 0. The van der Waals surface area contributed by atoms with Gasteiger partial charge in [-0.15, -0.1) is 0 Å². The Bertz CT molecular complexity index is 1020. The minimum Gasteiger partial charge on any atom is -0.497 e. The Hall–Kier alpha value is -3.87. The first-order valence-electron chi connectivity index (χ1n) is 9.05. The van der Waals surface area contributed by atoms with Crippen molar-refractivity contribution < 1.29 is 9.53 Å². The molecular weight excluding hydrogens is 366 g/mol. The molecule has 0 aliphatic heterocycles. The zero-order valence-corrected chi connectivity index (χ0v) is 16.3. The summed E-state index contributed by atoms with van der Waals surface area (Å²) in [4.78, 5) is 18.1. The van der Waals surface area contributed by atoms with Gasteiger partial charge in [-0.2, -0.15) is 0 Å². The van der Waals surface area contributed by atoms with Crippen LogP contribution < -0.4 is 15.8 Å². The topological polar surface area (TPSA) is 104 Å². The Morgan fingerprint density at radius 2 is 1.90 bits per heavy atom. The lowest BCUT2D eigenvalue weighted by molar-refractivity contribution is 0.232. The average Bonchev–Trinajstić information content (AvgIpc) is 2.72. The lowest BCUT2D eigenvalue weighted by Gasteiger charge is -2.22. The zero-order chi connectivity index (χ0) is 20.8. The van der Waals surface area contributed by atoms with Gasteiger partial charge in [0.2, 0.25) is 0 Å². The number of nitrogens with one attached hydrogen (secondary N) is 2. The fourth-order valence-corrected chi connectivity index (χ4v) is 2.86. The molecule has 0 saturated heterocycles. The van der Waals surface area contributed by atoms with Crippen molar-refractivity contribution >= 4 is 23.4 Å². The van der Waals surface area contributed by atoms with Crippen molar-refractivity contribution in [3.8, 4) is 16.9 Å². The van der Waals surface area contributed by atoms with Gasteiger partial charge in [0.1, 0.15) is 17.4 Å². The van der Waals surface area contributed by atoms with Crippen LogP contribution in [0.4, 0.5) is 16.3 Å². The summed E-state index contributed by atoms with van der Waals surface area (Å²) in [6, 6.07) is 18.1. The molecule has 0 saturated carbocycles. The number of urea groups is 1. The first-order valence-corrected chi connectivity index (χ1v) is 9.05. The average molecular weight is 389 g/mol. The van der Waals surface area contributed by atoms with E-state index in [2.05, 4.69) is 10.3 Å². The molecule has 7 nitrogen and oxygen atoms in total.